The van der Waals surface area contributed by atoms with Gasteiger partial charge in [0.25, 0.3) is 0 Å². The molecule has 156 valence electrons. The maximum absolute atomic E-state index is 11.9. The molecule has 0 heterocycles. The third-order valence-electron chi connectivity index (χ3n) is 5.20. The lowest BCUT2D eigenvalue weighted by molar-refractivity contribution is -0.121. The number of carbonyl (C=O) groups excluding carboxylic acids is 1. The third-order valence-corrected chi connectivity index (χ3v) is 5.45. The first kappa shape index (κ1) is 22.3. The summed E-state index contributed by atoms with van der Waals surface area (Å²) >= 11 is 5.21. The molecular weight excluding hydrogens is 374 g/mol. The van der Waals surface area contributed by atoms with E-state index in [2.05, 4.69) is 16.2 Å². The normalized spacial score (nSPS) is 14.2. The second kappa shape index (κ2) is 12.4. The van der Waals surface area contributed by atoms with Crippen molar-refractivity contribution in [3.8, 4) is 11.5 Å². The molecule has 1 aromatic carbocycles. The van der Waals surface area contributed by atoms with E-state index in [9.17, 15) is 4.79 Å². The Hall–Kier alpha value is -2.02. The largest absolute Gasteiger partial charge is 0.493 e. The van der Waals surface area contributed by atoms with Gasteiger partial charge in [-0.2, -0.15) is 0 Å². The van der Waals surface area contributed by atoms with Crippen molar-refractivity contribution >= 4 is 23.2 Å². The number of benzene rings is 1. The van der Waals surface area contributed by atoms with Crippen molar-refractivity contribution in [2.75, 3.05) is 20.8 Å². The number of nitrogens with one attached hydrogen (secondary N) is 3. The van der Waals surface area contributed by atoms with E-state index in [0.717, 1.165) is 30.7 Å². The van der Waals surface area contributed by atoms with E-state index in [4.69, 9.17) is 21.7 Å². The molecule has 0 saturated heterocycles. The van der Waals surface area contributed by atoms with E-state index in [1.54, 1.807) is 14.2 Å². The first-order valence-corrected chi connectivity index (χ1v) is 10.6. The summed E-state index contributed by atoms with van der Waals surface area (Å²) in [7, 11) is 3.24. The van der Waals surface area contributed by atoms with Gasteiger partial charge in [0.2, 0.25) is 5.91 Å². The molecule has 0 spiro atoms. The first-order chi connectivity index (χ1) is 13.6. The molecule has 1 fully saturated rings. The van der Waals surface area contributed by atoms with Gasteiger partial charge in [-0.15, -0.1) is 0 Å². The lowest BCUT2D eigenvalue weighted by Crippen LogP contribution is -2.47. The van der Waals surface area contributed by atoms with Crippen LogP contribution in [0.3, 0.4) is 0 Å². The molecule has 0 aliphatic heterocycles. The highest BCUT2D eigenvalue weighted by Crippen LogP contribution is 2.28. The van der Waals surface area contributed by atoms with Crippen molar-refractivity contribution in [2.24, 2.45) is 5.92 Å². The van der Waals surface area contributed by atoms with Crippen LogP contribution in [0.2, 0.25) is 0 Å². The molecule has 0 bridgehead atoms. The Bertz CT molecular complexity index is 633. The van der Waals surface area contributed by atoms with Gasteiger partial charge in [0.1, 0.15) is 0 Å². The topological polar surface area (TPSA) is 71.6 Å². The summed E-state index contributed by atoms with van der Waals surface area (Å²) < 4.78 is 10.5. The van der Waals surface area contributed by atoms with E-state index in [1.165, 1.54) is 32.1 Å². The molecule has 1 aliphatic rings. The van der Waals surface area contributed by atoms with Crippen LogP contribution in [0.15, 0.2) is 18.2 Å². The summed E-state index contributed by atoms with van der Waals surface area (Å²) in [5, 5.41) is 3.51. The fourth-order valence-corrected chi connectivity index (χ4v) is 3.77. The number of hydrogen-bond donors (Lipinski definition) is 3. The van der Waals surface area contributed by atoms with Crippen LogP contribution >= 0.6 is 12.2 Å². The molecule has 1 aliphatic carbocycles. The van der Waals surface area contributed by atoms with Crippen LogP contribution in [-0.2, 0) is 11.2 Å². The number of hydrazine groups is 1. The van der Waals surface area contributed by atoms with E-state index in [-0.39, 0.29) is 5.91 Å². The minimum Gasteiger partial charge on any atom is -0.493 e. The van der Waals surface area contributed by atoms with Crippen LogP contribution in [0.25, 0.3) is 0 Å². The predicted octanol–water partition coefficient (Wildman–Crippen LogP) is 3.49. The molecular formula is C21H33N3O3S. The summed E-state index contributed by atoms with van der Waals surface area (Å²) in [6.45, 7) is 0.652. The van der Waals surface area contributed by atoms with Crippen LogP contribution in [0, 0.1) is 5.92 Å². The smallest absolute Gasteiger partial charge is 0.238 e. The monoisotopic (exact) mass is 407 g/mol. The third kappa shape index (κ3) is 7.92. The molecule has 28 heavy (non-hydrogen) atoms. The highest BCUT2D eigenvalue weighted by Gasteiger charge is 2.13. The van der Waals surface area contributed by atoms with Crippen molar-refractivity contribution in [3.05, 3.63) is 23.8 Å². The first-order valence-electron chi connectivity index (χ1n) is 10.2. The lowest BCUT2D eigenvalue weighted by Gasteiger charge is -2.21. The summed E-state index contributed by atoms with van der Waals surface area (Å²) in [4.78, 5) is 11.9. The summed E-state index contributed by atoms with van der Waals surface area (Å²) in [6, 6.07) is 5.83. The van der Waals surface area contributed by atoms with Crippen molar-refractivity contribution in [1.82, 2.24) is 16.2 Å². The van der Waals surface area contributed by atoms with Gasteiger partial charge in [-0.05, 0) is 55.1 Å². The van der Waals surface area contributed by atoms with Gasteiger partial charge in [-0.3, -0.25) is 15.6 Å². The second-order valence-electron chi connectivity index (χ2n) is 7.26. The van der Waals surface area contributed by atoms with E-state index >= 15 is 0 Å². The van der Waals surface area contributed by atoms with Gasteiger partial charge < -0.3 is 14.8 Å². The van der Waals surface area contributed by atoms with Gasteiger partial charge in [-0.25, -0.2) is 0 Å². The average Bonchev–Trinajstić information content (AvgIpc) is 2.73. The average molecular weight is 408 g/mol. The van der Waals surface area contributed by atoms with Crippen LogP contribution < -0.4 is 25.6 Å². The standard InChI is InChI=1S/C21H33N3O3S/c1-26-18-12-11-17(15-19(18)27-2)13-14-22-21(28)24-23-20(25)10-6-9-16-7-4-3-5-8-16/h11-12,15-16H,3-10,13-14H2,1-2H3,(H,23,25)(H2,22,24,28). The van der Waals surface area contributed by atoms with Crippen LogP contribution in [-0.4, -0.2) is 31.8 Å². The molecule has 1 aromatic rings. The number of hydrogen-bond acceptors (Lipinski definition) is 4. The lowest BCUT2D eigenvalue weighted by atomic mass is 9.86. The number of amides is 1. The molecule has 0 aromatic heterocycles. The zero-order chi connectivity index (χ0) is 20.2. The molecule has 0 radical (unpaired) electrons. The number of ether oxygens (including phenoxy) is 2. The second-order valence-corrected chi connectivity index (χ2v) is 7.67. The summed E-state index contributed by atoms with van der Waals surface area (Å²) in [5.74, 6) is 2.22. The molecule has 1 amide bonds. The van der Waals surface area contributed by atoms with Gasteiger partial charge in [0, 0.05) is 13.0 Å². The van der Waals surface area contributed by atoms with Crippen LogP contribution in [0.1, 0.15) is 56.9 Å². The SMILES string of the molecule is COc1ccc(CCNC(=S)NNC(=O)CCCC2CCCCC2)cc1OC. The van der Waals surface area contributed by atoms with Crippen molar-refractivity contribution < 1.29 is 14.3 Å². The zero-order valence-electron chi connectivity index (χ0n) is 17.0. The van der Waals surface area contributed by atoms with Gasteiger partial charge in [0.15, 0.2) is 16.6 Å². The highest BCUT2D eigenvalue weighted by atomic mass is 32.1. The Labute approximate surface area is 173 Å². The van der Waals surface area contributed by atoms with Gasteiger partial charge in [-0.1, -0.05) is 38.2 Å². The molecule has 0 unspecified atom stereocenters. The van der Waals surface area contributed by atoms with Gasteiger partial charge in [0.05, 0.1) is 14.2 Å². The fourth-order valence-electron chi connectivity index (χ4n) is 3.62. The molecule has 7 heteroatoms. The Balaban J connectivity index is 1.57. The number of rotatable bonds is 9. The minimum absolute atomic E-state index is 0.0140. The van der Waals surface area contributed by atoms with E-state index < -0.39 is 0 Å². The number of methoxy groups -OCH3 is 2. The maximum atomic E-state index is 11.9. The van der Waals surface area contributed by atoms with Gasteiger partial charge >= 0.3 is 0 Å². The van der Waals surface area contributed by atoms with Crippen molar-refractivity contribution in [2.45, 2.75) is 57.8 Å². The van der Waals surface area contributed by atoms with Crippen molar-refractivity contribution in [1.29, 1.82) is 0 Å². The quantitative estimate of drug-likeness (QED) is 0.430. The number of thiocarbonyl (C=S) groups is 1. The Morgan fingerprint density at radius 2 is 1.86 bits per heavy atom. The highest BCUT2D eigenvalue weighted by molar-refractivity contribution is 7.80. The minimum atomic E-state index is -0.0140. The Morgan fingerprint density at radius 1 is 1.11 bits per heavy atom. The molecule has 6 nitrogen and oxygen atoms in total. The Kier molecular flexibility index (Phi) is 9.90. The predicted molar refractivity (Wildman–Crippen MR) is 116 cm³/mol. The molecule has 0 atom stereocenters. The summed E-state index contributed by atoms with van der Waals surface area (Å²) in [6.07, 6.45) is 10.1. The number of carbonyl (C=O) groups is 1. The van der Waals surface area contributed by atoms with Crippen molar-refractivity contribution in [3.63, 3.8) is 0 Å². The van der Waals surface area contributed by atoms with Crippen LogP contribution in [0.5, 0.6) is 11.5 Å². The maximum Gasteiger partial charge on any atom is 0.238 e. The molecule has 1 saturated carbocycles. The van der Waals surface area contributed by atoms with E-state index in [1.807, 2.05) is 18.2 Å². The summed E-state index contributed by atoms with van der Waals surface area (Å²) in [5.41, 5.74) is 6.56. The molecule has 3 N–H and O–H groups in total. The molecule has 2 rings (SSSR count). The Morgan fingerprint density at radius 3 is 2.57 bits per heavy atom. The van der Waals surface area contributed by atoms with E-state index in [0.29, 0.717) is 29.6 Å². The fraction of sp³-hybridized carbons (Fsp3) is 0.619. The zero-order valence-corrected chi connectivity index (χ0v) is 17.8. The van der Waals surface area contributed by atoms with Crippen LogP contribution in [0.4, 0.5) is 0 Å².